The van der Waals surface area contributed by atoms with Gasteiger partial charge in [-0.25, -0.2) is 0 Å². The van der Waals surface area contributed by atoms with Crippen molar-refractivity contribution in [1.29, 1.82) is 0 Å². The van der Waals surface area contributed by atoms with Crippen LogP contribution in [0.5, 0.6) is 0 Å². The number of para-hydroxylation sites is 3. The molecule has 0 spiro atoms. The van der Waals surface area contributed by atoms with Crippen LogP contribution >= 0.6 is 0 Å². The third kappa shape index (κ3) is 8.83. The molecule has 4 nitrogen and oxygen atoms in total. The van der Waals surface area contributed by atoms with E-state index >= 15 is 0 Å². The minimum Gasteiger partial charge on any atom is -0.501 e. The third-order valence-electron chi connectivity index (χ3n) is 12.3. The van der Waals surface area contributed by atoms with Crippen molar-refractivity contribution in [3.8, 4) is 50.6 Å². The number of imidazole rings is 1. The first-order valence-corrected chi connectivity index (χ1v) is 26.0. The summed E-state index contributed by atoms with van der Waals surface area (Å²) < 4.78 is 8.83. The average Bonchev–Trinajstić information content (AvgIpc) is 3.88. The van der Waals surface area contributed by atoms with Crippen molar-refractivity contribution in [2.45, 2.75) is 73.0 Å². The zero-order chi connectivity index (χ0) is 44.7. The van der Waals surface area contributed by atoms with Crippen LogP contribution in [0, 0.1) is 26.0 Å². The van der Waals surface area contributed by atoms with E-state index in [0.29, 0.717) is 11.8 Å². The summed E-state index contributed by atoms with van der Waals surface area (Å²) in [6, 6.07) is 59.8. The van der Waals surface area contributed by atoms with Crippen LogP contribution in [0.1, 0.15) is 61.8 Å². The fourth-order valence-corrected chi connectivity index (χ4v) is 10.5. The van der Waals surface area contributed by atoms with Gasteiger partial charge in [0.1, 0.15) is 5.58 Å². The Labute approximate surface area is 398 Å². The standard InChI is InChI=1S/C37H31N2O.C22H24NSi.Ir/c1-23(2)30-21-26(25-13-6-5-7-14-25)22-31(24(3)4)35(30)39-33-19-10-9-18-32(33)38-37(39)29-17-12-16-28-27-15-8-11-20-34(27)40-36(28)29;1-16-10-9-11-17(2)22(16)19-14-20(18-12-7-6-8-13-18)23-15-21(19)24(3,4)5;/h5-16,18-24H,1-4H3;6-12,14-15H,1-5H3;/q2*-1;. The van der Waals surface area contributed by atoms with Gasteiger partial charge in [0.05, 0.1) is 30.5 Å². The Morgan fingerprint density at radius 1 is 0.631 bits per heavy atom. The summed E-state index contributed by atoms with van der Waals surface area (Å²) in [5.74, 6) is 1.45. The van der Waals surface area contributed by atoms with Crippen LogP contribution in [0.2, 0.25) is 19.6 Å². The smallest absolute Gasteiger partial charge is 0.120 e. The predicted octanol–water partition coefficient (Wildman–Crippen LogP) is 15.7. The van der Waals surface area contributed by atoms with Gasteiger partial charge in [-0.2, -0.15) is 0 Å². The molecule has 7 aromatic carbocycles. The number of aryl methyl sites for hydroxylation is 2. The van der Waals surface area contributed by atoms with Crippen LogP contribution in [-0.2, 0) is 20.1 Å². The Kier molecular flexibility index (Phi) is 13.1. The normalized spacial score (nSPS) is 11.6. The number of nitrogens with zero attached hydrogens (tertiary/aromatic N) is 3. The summed E-state index contributed by atoms with van der Waals surface area (Å²) in [6.45, 7) is 20.7. The summed E-state index contributed by atoms with van der Waals surface area (Å²) in [6.07, 6.45) is 2.10. The van der Waals surface area contributed by atoms with Gasteiger partial charge in [-0.1, -0.05) is 143 Å². The van der Waals surface area contributed by atoms with Crippen LogP contribution in [0.4, 0.5) is 0 Å². The molecule has 0 N–H and O–H groups in total. The van der Waals surface area contributed by atoms with Crippen LogP contribution in [0.15, 0.2) is 162 Å². The molecule has 0 unspecified atom stereocenters. The molecule has 10 aromatic rings. The van der Waals surface area contributed by atoms with Crippen molar-refractivity contribution in [2.75, 3.05) is 0 Å². The Morgan fingerprint density at radius 3 is 1.97 bits per heavy atom. The van der Waals surface area contributed by atoms with Crippen LogP contribution < -0.4 is 5.19 Å². The topological polar surface area (TPSA) is 43.9 Å². The SMILES string of the molecule is CC(C)c1cc(-c2ccccc2)cc(C(C)C)c1-n1c(-c2[c-]ccc3c2oc2ccccc23)nc2ccccc21.Cc1cccc(C)c1-c1cc(-c2[c-]cccc2)ncc1[Si](C)(C)C.[Ir]. The van der Waals surface area contributed by atoms with Gasteiger partial charge in [-0.3, -0.25) is 4.98 Å². The van der Waals surface area contributed by atoms with Crippen LogP contribution in [0.25, 0.3) is 83.6 Å². The minimum atomic E-state index is -1.50. The van der Waals surface area contributed by atoms with E-state index in [2.05, 4.69) is 199 Å². The fourth-order valence-electron chi connectivity index (χ4n) is 9.09. The zero-order valence-electron chi connectivity index (χ0n) is 38.7. The van der Waals surface area contributed by atoms with Crippen molar-refractivity contribution in [2.24, 2.45) is 0 Å². The van der Waals surface area contributed by atoms with Crippen LogP contribution in [-0.4, -0.2) is 22.6 Å². The number of furan rings is 1. The van der Waals surface area contributed by atoms with E-state index < -0.39 is 8.07 Å². The van der Waals surface area contributed by atoms with E-state index in [9.17, 15) is 0 Å². The summed E-state index contributed by atoms with van der Waals surface area (Å²) in [4.78, 5) is 10.00. The maximum Gasteiger partial charge on any atom is 0.120 e. The van der Waals surface area contributed by atoms with Gasteiger partial charge in [0.25, 0.3) is 0 Å². The van der Waals surface area contributed by atoms with Crippen molar-refractivity contribution in [3.63, 3.8) is 0 Å². The summed E-state index contributed by atoms with van der Waals surface area (Å²) in [5, 5.41) is 3.60. The van der Waals surface area contributed by atoms with E-state index in [1.54, 1.807) is 0 Å². The van der Waals surface area contributed by atoms with E-state index in [4.69, 9.17) is 14.4 Å². The quantitative estimate of drug-likeness (QED) is 0.113. The average molecular weight is 1040 g/mol. The first-order valence-electron chi connectivity index (χ1n) is 22.5. The van der Waals surface area contributed by atoms with E-state index in [1.807, 2.05) is 36.4 Å². The second kappa shape index (κ2) is 18.7. The second-order valence-corrected chi connectivity index (χ2v) is 23.6. The number of pyridine rings is 1. The van der Waals surface area contributed by atoms with Crippen molar-refractivity contribution >= 4 is 46.2 Å². The third-order valence-corrected chi connectivity index (χ3v) is 14.3. The van der Waals surface area contributed by atoms with Gasteiger partial charge in [0.2, 0.25) is 0 Å². The maximum absolute atomic E-state index is 6.47. The molecule has 0 aliphatic carbocycles. The molecule has 0 bridgehead atoms. The van der Waals surface area contributed by atoms with Gasteiger partial charge >= 0.3 is 0 Å². The molecule has 0 fully saturated rings. The van der Waals surface area contributed by atoms with Gasteiger partial charge in [-0.05, 0) is 111 Å². The van der Waals surface area contributed by atoms with Crippen LogP contribution in [0.3, 0.4) is 0 Å². The molecule has 3 aromatic heterocycles. The molecular formula is C59H55IrN3OSi-2. The number of hydrogen-bond acceptors (Lipinski definition) is 3. The molecule has 0 aliphatic rings. The van der Waals surface area contributed by atoms with E-state index in [-0.39, 0.29) is 20.1 Å². The molecular weight excluding hydrogens is 987 g/mol. The molecule has 65 heavy (non-hydrogen) atoms. The summed E-state index contributed by atoms with van der Waals surface area (Å²) in [5.41, 5.74) is 18.3. The molecule has 327 valence electrons. The number of benzene rings is 7. The Morgan fingerprint density at radius 2 is 1.29 bits per heavy atom. The first kappa shape index (κ1) is 45.4. The molecule has 0 atom stereocenters. The zero-order valence-corrected chi connectivity index (χ0v) is 42.1. The number of aromatic nitrogens is 3. The molecule has 3 heterocycles. The second-order valence-electron chi connectivity index (χ2n) is 18.5. The summed E-state index contributed by atoms with van der Waals surface area (Å²) >= 11 is 0. The predicted molar refractivity (Wildman–Crippen MR) is 273 cm³/mol. The van der Waals surface area contributed by atoms with Crippen molar-refractivity contribution < 1.29 is 24.5 Å². The van der Waals surface area contributed by atoms with E-state index in [0.717, 1.165) is 55.6 Å². The fraction of sp³-hybridized carbons (Fsp3) is 0.186. The molecule has 0 saturated carbocycles. The number of hydrogen-bond donors (Lipinski definition) is 0. The van der Waals surface area contributed by atoms with Gasteiger partial charge in [0, 0.05) is 37.4 Å². The van der Waals surface area contributed by atoms with Gasteiger partial charge in [0.15, 0.2) is 0 Å². The molecule has 0 aliphatic heterocycles. The van der Waals surface area contributed by atoms with Crippen molar-refractivity contribution in [3.05, 3.63) is 192 Å². The summed E-state index contributed by atoms with van der Waals surface area (Å²) in [7, 11) is -1.50. The minimum absolute atomic E-state index is 0. The number of fused-ring (bicyclic) bond motifs is 4. The van der Waals surface area contributed by atoms with Crippen molar-refractivity contribution in [1.82, 2.24) is 14.5 Å². The van der Waals surface area contributed by atoms with Gasteiger partial charge in [-0.15, -0.1) is 54.1 Å². The molecule has 1 radical (unpaired) electrons. The Balaban J connectivity index is 0.000000198. The maximum atomic E-state index is 6.47. The molecule has 10 rings (SSSR count). The Hall–Kier alpha value is -6.17. The van der Waals surface area contributed by atoms with Gasteiger partial charge < -0.3 is 14.0 Å². The molecule has 0 saturated heterocycles. The largest absolute Gasteiger partial charge is 0.501 e. The molecule has 6 heteroatoms. The Bertz CT molecular complexity index is 3240. The molecule has 0 amide bonds. The van der Waals surface area contributed by atoms with E-state index in [1.165, 1.54) is 55.4 Å². The first-order chi connectivity index (χ1) is 30.9. The monoisotopic (exact) mass is 1040 g/mol. The number of rotatable bonds is 8.